The number of hydrogen-bond donors (Lipinski definition) is 2. The molecule has 1 aliphatic carbocycles. The maximum atomic E-state index is 12.1. The van der Waals surface area contributed by atoms with Gasteiger partial charge in [0, 0.05) is 11.8 Å². The summed E-state index contributed by atoms with van der Waals surface area (Å²) >= 11 is 0. The predicted octanol–water partition coefficient (Wildman–Crippen LogP) is 0.578. The summed E-state index contributed by atoms with van der Waals surface area (Å²) in [5.74, 6) is -0.353. The van der Waals surface area contributed by atoms with Gasteiger partial charge in [-0.25, -0.2) is 0 Å². The van der Waals surface area contributed by atoms with Crippen LogP contribution in [0.3, 0.4) is 0 Å². The average molecular weight is 282 g/mol. The van der Waals surface area contributed by atoms with Crippen LogP contribution in [-0.4, -0.2) is 51.6 Å². The number of fused-ring (bicyclic) bond motifs is 3. The second-order valence-corrected chi connectivity index (χ2v) is 7.26. The zero-order valence-electron chi connectivity index (χ0n) is 12.3. The van der Waals surface area contributed by atoms with E-state index < -0.39 is 22.7 Å². The molecule has 5 heteroatoms. The normalized spacial score (nSPS) is 55.2. The molecule has 3 rings (SSSR count). The Morgan fingerprint density at radius 1 is 1.25 bits per heavy atom. The van der Waals surface area contributed by atoms with Gasteiger partial charge in [0.25, 0.3) is 0 Å². The van der Waals surface area contributed by atoms with Gasteiger partial charge in [-0.3, -0.25) is 4.79 Å². The lowest BCUT2D eigenvalue weighted by Crippen LogP contribution is -2.37. The Morgan fingerprint density at radius 3 is 2.55 bits per heavy atom. The molecular weight excluding hydrogens is 260 g/mol. The number of carbonyl (C=O) groups is 1. The lowest BCUT2D eigenvalue weighted by molar-refractivity contribution is -0.131. The van der Waals surface area contributed by atoms with Crippen LogP contribution in [0.5, 0.6) is 0 Å². The van der Waals surface area contributed by atoms with Gasteiger partial charge >= 0.3 is 0 Å². The highest BCUT2D eigenvalue weighted by atomic mass is 16.7. The molecule has 3 aliphatic rings. The van der Waals surface area contributed by atoms with Gasteiger partial charge in [-0.05, 0) is 19.9 Å². The Morgan fingerprint density at radius 2 is 1.90 bits per heavy atom. The molecule has 0 spiro atoms. The summed E-state index contributed by atoms with van der Waals surface area (Å²) in [6.45, 7) is 7.12. The molecule has 0 aromatic heterocycles. The first-order valence-electron chi connectivity index (χ1n) is 7.05. The Kier molecular flexibility index (Phi) is 2.78. The Hall–Kier alpha value is -0.750. The van der Waals surface area contributed by atoms with Crippen molar-refractivity contribution in [2.24, 2.45) is 5.41 Å². The highest BCUT2D eigenvalue weighted by Crippen LogP contribution is 2.54. The standard InChI is InChI=1S/C15H22O5/c1-13(2)6-5-9(16)14(3,18)7-8-11(19-8)15(4)12(20-15)10(13)17/h5-6,8,10-12,17-18H,7H2,1-4H3/b6-5+/t8-,10-,11-,12?,14+,15-/m1/s1. The van der Waals surface area contributed by atoms with Gasteiger partial charge in [-0.2, -0.15) is 0 Å². The maximum absolute atomic E-state index is 12.1. The van der Waals surface area contributed by atoms with Crippen LogP contribution in [-0.2, 0) is 14.3 Å². The van der Waals surface area contributed by atoms with E-state index in [1.54, 1.807) is 6.08 Å². The van der Waals surface area contributed by atoms with Crippen molar-refractivity contribution >= 4 is 5.78 Å². The summed E-state index contributed by atoms with van der Waals surface area (Å²) in [7, 11) is 0. The van der Waals surface area contributed by atoms with Crippen LogP contribution >= 0.6 is 0 Å². The van der Waals surface area contributed by atoms with Gasteiger partial charge in [0.2, 0.25) is 0 Å². The highest BCUT2D eigenvalue weighted by molar-refractivity contribution is 5.96. The van der Waals surface area contributed by atoms with Gasteiger partial charge in [0.15, 0.2) is 5.78 Å². The van der Waals surface area contributed by atoms with Crippen LogP contribution in [0.2, 0.25) is 0 Å². The van der Waals surface area contributed by atoms with E-state index in [0.717, 1.165) is 0 Å². The smallest absolute Gasteiger partial charge is 0.186 e. The van der Waals surface area contributed by atoms with E-state index in [0.29, 0.717) is 0 Å². The summed E-state index contributed by atoms with van der Waals surface area (Å²) in [4.78, 5) is 12.1. The number of epoxide rings is 2. The molecule has 0 bridgehead atoms. The molecule has 0 radical (unpaired) electrons. The fourth-order valence-electron chi connectivity index (χ4n) is 3.10. The van der Waals surface area contributed by atoms with Crippen LogP contribution in [0.4, 0.5) is 0 Å². The van der Waals surface area contributed by atoms with E-state index >= 15 is 0 Å². The summed E-state index contributed by atoms with van der Waals surface area (Å²) in [5.41, 5.74) is -2.57. The van der Waals surface area contributed by atoms with Crippen molar-refractivity contribution in [2.75, 3.05) is 0 Å². The van der Waals surface area contributed by atoms with E-state index in [4.69, 9.17) is 9.47 Å². The molecule has 20 heavy (non-hydrogen) atoms. The lowest BCUT2D eigenvalue weighted by atomic mass is 9.81. The van der Waals surface area contributed by atoms with E-state index in [2.05, 4.69) is 0 Å². The van der Waals surface area contributed by atoms with Crippen molar-refractivity contribution in [2.45, 2.75) is 69.7 Å². The SMILES string of the molecule is CC1(C)/C=C/C(=O)[C@@](C)(O)C[C@H]2O[C@H]2[C@@]2(C)OC2[C@H]1O. The number of aliphatic hydroxyl groups excluding tert-OH is 1. The molecule has 0 amide bonds. The first kappa shape index (κ1) is 14.2. The van der Waals surface area contributed by atoms with Crippen molar-refractivity contribution in [3.8, 4) is 0 Å². The van der Waals surface area contributed by atoms with Crippen molar-refractivity contribution in [1.29, 1.82) is 0 Å². The van der Waals surface area contributed by atoms with Crippen LogP contribution in [0.25, 0.3) is 0 Å². The molecule has 2 heterocycles. The molecular formula is C15H22O5. The van der Waals surface area contributed by atoms with Crippen LogP contribution in [0.15, 0.2) is 12.2 Å². The molecule has 0 saturated carbocycles. The molecule has 2 fully saturated rings. The average Bonchev–Trinajstić information content (AvgIpc) is 3.21. The zero-order chi connectivity index (χ0) is 14.9. The Balaban J connectivity index is 1.93. The highest BCUT2D eigenvalue weighted by Gasteiger charge is 2.70. The minimum Gasteiger partial charge on any atom is -0.389 e. The van der Waals surface area contributed by atoms with Crippen LogP contribution in [0, 0.1) is 5.41 Å². The van der Waals surface area contributed by atoms with Gasteiger partial charge in [0.1, 0.15) is 23.4 Å². The zero-order valence-corrected chi connectivity index (χ0v) is 12.3. The first-order valence-corrected chi connectivity index (χ1v) is 7.05. The van der Waals surface area contributed by atoms with E-state index in [-0.39, 0.29) is 30.5 Å². The third-order valence-electron chi connectivity index (χ3n) is 4.88. The molecule has 1 unspecified atom stereocenters. The van der Waals surface area contributed by atoms with E-state index in [1.165, 1.54) is 13.0 Å². The molecule has 2 aliphatic heterocycles. The van der Waals surface area contributed by atoms with Gasteiger partial charge < -0.3 is 19.7 Å². The topological polar surface area (TPSA) is 82.6 Å². The number of carbonyl (C=O) groups excluding carboxylic acids is 1. The molecule has 2 saturated heterocycles. The molecule has 112 valence electrons. The number of ether oxygens (including phenoxy) is 2. The van der Waals surface area contributed by atoms with E-state index in [1.807, 2.05) is 20.8 Å². The minimum atomic E-state index is -1.44. The maximum Gasteiger partial charge on any atom is 0.186 e. The summed E-state index contributed by atoms with van der Waals surface area (Å²) < 4.78 is 11.3. The first-order chi connectivity index (χ1) is 9.08. The third kappa shape index (κ3) is 2.04. The van der Waals surface area contributed by atoms with E-state index in [9.17, 15) is 15.0 Å². The predicted molar refractivity (Wildman–Crippen MR) is 71.1 cm³/mol. The number of ketones is 1. The van der Waals surface area contributed by atoms with Crippen molar-refractivity contribution in [1.82, 2.24) is 0 Å². The van der Waals surface area contributed by atoms with Crippen molar-refractivity contribution in [3.05, 3.63) is 12.2 Å². The summed E-state index contributed by atoms with van der Waals surface area (Å²) in [5, 5.41) is 20.8. The molecule has 0 aromatic carbocycles. The van der Waals surface area contributed by atoms with Gasteiger partial charge in [0.05, 0.1) is 12.2 Å². The second-order valence-electron chi connectivity index (χ2n) is 7.26. The lowest BCUT2D eigenvalue weighted by Gasteiger charge is -2.27. The second kappa shape index (κ2) is 3.91. The quantitative estimate of drug-likeness (QED) is 0.635. The molecule has 0 aromatic rings. The summed E-state index contributed by atoms with van der Waals surface area (Å²) in [6.07, 6.45) is 1.92. The van der Waals surface area contributed by atoms with Gasteiger partial charge in [-0.15, -0.1) is 0 Å². The Bertz CT molecular complexity index is 481. The van der Waals surface area contributed by atoms with Crippen molar-refractivity contribution in [3.63, 3.8) is 0 Å². The monoisotopic (exact) mass is 282 g/mol. The fraction of sp³-hybridized carbons (Fsp3) is 0.800. The Labute approximate surface area is 118 Å². The molecule has 5 nitrogen and oxygen atoms in total. The van der Waals surface area contributed by atoms with Crippen molar-refractivity contribution < 1.29 is 24.5 Å². The minimum absolute atomic E-state index is 0.157. The van der Waals surface area contributed by atoms with Crippen LogP contribution in [0.1, 0.15) is 34.1 Å². The van der Waals surface area contributed by atoms with Crippen LogP contribution < -0.4 is 0 Å². The largest absolute Gasteiger partial charge is 0.389 e. The number of hydrogen-bond acceptors (Lipinski definition) is 5. The molecule has 6 atom stereocenters. The number of rotatable bonds is 0. The number of aliphatic hydroxyl groups is 2. The van der Waals surface area contributed by atoms with Gasteiger partial charge in [-0.1, -0.05) is 19.9 Å². The fourth-order valence-corrected chi connectivity index (χ4v) is 3.10. The summed E-state index contributed by atoms with van der Waals surface area (Å²) in [6, 6.07) is 0. The molecule has 2 N–H and O–H groups in total. The third-order valence-corrected chi connectivity index (χ3v) is 4.88.